The molecule has 0 fully saturated rings. The number of benzene rings is 1. The number of carboxylic acid groups (broad SMARTS) is 1. The molecule has 0 radical (unpaired) electrons. The molecule has 0 spiro atoms. The number of aliphatic carboxylic acids is 1. The van der Waals surface area contributed by atoms with Crippen molar-refractivity contribution < 1.29 is 19.1 Å². The van der Waals surface area contributed by atoms with Crippen LogP contribution in [0.15, 0.2) is 24.3 Å². The van der Waals surface area contributed by atoms with Crippen molar-refractivity contribution in [3.05, 3.63) is 41.2 Å². The van der Waals surface area contributed by atoms with Crippen molar-refractivity contribution in [3.8, 4) is 0 Å². The summed E-state index contributed by atoms with van der Waals surface area (Å²) < 4.78 is 13.9. The molecule has 1 aromatic carbocycles. The predicted octanol–water partition coefficient (Wildman–Crippen LogP) is 1.49. The van der Waals surface area contributed by atoms with Crippen molar-refractivity contribution in [2.45, 2.75) is 13.0 Å². The Labute approximate surface area is 123 Å². The molecule has 1 aromatic rings. The molecular formula is C15H19FN2O3. The molecule has 0 unspecified atom stereocenters. The summed E-state index contributed by atoms with van der Waals surface area (Å²) in [4.78, 5) is 23.4. The number of hydrogen-bond acceptors (Lipinski definition) is 3. The largest absolute Gasteiger partial charge is 0.478 e. The van der Waals surface area contributed by atoms with Gasteiger partial charge in [-0.2, -0.15) is 0 Å². The van der Waals surface area contributed by atoms with Crippen LogP contribution in [0.25, 0.3) is 6.08 Å². The zero-order valence-corrected chi connectivity index (χ0v) is 12.1. The molecule has 2 N–H and O–H groups in total. The van der Waals surface area contributed by atoms with Crippen molar-refractivity contribution in [3.63, 3.8) is 0 Å². The standard InChI is InChI=1S/C15H19FN2O3/c1-17-14(19)7-8-18(2)10-12-5-3-11(9-13(12)16)4-6-15(20)21/h3-6,9H,7-8,10H2,1-2H3,(H,17,19)(H,20,21)/b6-4+. The Hall–Kier alpha value is -2.21. The topological polar surface area (TPSA) is 69.6 Å². The van der Waals surface area contributed by atoms with Gasteiger partial charge in [-0.25, -0.2) is 9.18 Å². The highest BCUT2D eigenvalue weighted by atomic mass is 19.1. The molecule has 0 aromatic heterocycles. The molecule has 5 nitrogen and oxygen atoms in total. The maximum Gasteiger partial charge on any atom is 0.328 e. The Morgan fingerprint density at radius 3 is 2.71 bits per heavy atom. The van der Waals surface area contributed by atoms with Crippen molar-refractivity contribution in [2.75, 3.05) is 20.6 Å². The van der Waals surface area contributed by atoms with E-state index in [4.69, 9.17) is 5.11 Å². The number of halogens is 1. The van der Waals surface area contributed by atoms with Crippen LogP contribution in [0.4, 0.5) is 4.39 Å². The van der Waals surface area contributed by atoms with E-state index in [2.05, 4.69) is 5.32 Å². The van der Waals surface area contributed by atoms with Crippen molar-refractivity contribution in [2.24, 2.45) is 0 Å². The molecule has 0 saturated carbocycles. The summed E-state index contributed by atoms with van der Waals surface area (Å²) in [5, 5.41) is 11.1. The number of nitrogens with zero attached hydrogens (tertiary/aromatic N) is 1. The van der Waals surface area contributed by atoms with E-state index in [9.17, 15) is 14.0 Å². The molecule has 21 heavy (non-hydrogen) atoms. The second-order valence-corrected chi connectivity index (χ2v) is 4.68. The Bertz CT molecular complexity index is 544. The minimum atomic E-state index is -1.08. The highest BCUT2D eigenvalue weighted by Gasteiger charge is 2.08. The van der Waals surface area contributed by atoms with Gasteiger partial charge in [-0.3, -0.25) is 4.79 Å². The number of carbonyl (C=O) groups is 2. The molecule has 0 aliphatic heterocycles. The lowest BCUT2D eigenvalue weighted by Gasteiger charge is -2.16. The van der Waals surface area contributed by atoms with Crippen molar-refractivity contribution >= 4 is 18.0 Å². The monoisotopic (exact) mass is 294 g/mol. The molecule has 1 rings (SSSR count). The summed E-state index contributed by atoms with van der Waals surface area (Å²) in [7, 11) is 3.38. The average molecular weight is 294 g/mol. The molecule has 0 saturated heterocycles. The Balaban J connectivity index is 2.63. The van der Waals surface area contributed by atoms with Crippen LogP contribution < -0.4 is 5.32 Å². The van der Waals surface area contributed by atoms with Crippen molar-refractivity contribution in [1.29, 1.82) is 0 Å². The van der Waals surface area contributed by atoms with E-state index in [-0.39, 0.29) is 5.91 Å². The van der Waals surface area contributed by atoms with Crippen LogP contribution in [0.1, 0.15) is 17.5 Å². The first-order chi connectivity index (χ1) is 9.92. The highest BCUT2D eigenvalue weighted by molar-refractivity contribution is 5.85. The summed E-state index contributed by atoms with van der Waals surface area (Å²) in [6, 6.07) is 4.57. The van der Waals surface area contributed by atoms with Gasteiger partial charge in [-0.05, 0) is 24.8 Å². The van der Waals surface area contributed by atoms with Crippen LogP contribution in [0, 0.1) is 5.82 Å². The third kappa shape index (κ3) is 6.18. The minimum absolute atomic E-state index is 0.0588. The first-order valence-electron chi connectivity index (χ1n) is 6.51. The number of rotatable bonds is 7. The van der Waals surface area contributed by atoms with E-state index < -0.39 is 11.8 Å². The third-order valence-corrected chi connectivity index (χ3v) is 2.94. The number of nitrogens with one attached hydrogen (secondary N) is 1. The van der Waals surface area contributed by atoms with Gasteiger partial charge in [0.15, 0.2) is 0 Å². The molecule has 0 heterocycles. The van der Waals surface area contributed by atoms with Gasteiger partial charge in [0.05, 0.1) is 0 Å². The molecule has 0 aliphatic rings. The van der Waals surface area contributed by atoms with Gasteiger partial charge in [0.25, 0.3) is 0 Å². The maximum atomic E-state index is 13.9. The fraction of sp³-hybridized carbons (Fsp3) is 0.333. The van der Waals surface area contributed by atoms with Crippen LogP contribution in [0.2, 0.25) is 0 Å². The number of amides is 1. The SMILES string of the molecule is CNC(=O)CCN(C)Cc1ccc(/C=C/C(=O)O)cc1F. The minimum Gasteiger partial charge on any atom is -0.478 e. The van der Waals surface area contributed by atoms with Gasteiger partial charge in [0.1, 0.15) is 5.82 Å². The average Bonchev–Trinajstić information content (AvgIpc) is 2.45. The third-order valence-electron chi connectivity index (χ3n) is 2.94. The smallest absolute Gasteiger partial charge is 0.328 e. The van der Waals surface area contributed by atoms with E-state index in [0.29, 0.717) is 30.6 Å². The van der Waals surface area contributed by atoms with E-state index in [1.54, 1.807) is 26.2 Å². The molecule has 6 heteroatoms. The second kappa shape index (κ2) is 8.16. The van der Waals surface area contributed by atoms with Gasteiger partial charge >= 0.3 is 5.97 Å². The van der Waals surface area contributed by atoms with E-state index in [1.165, 1.54) is 12.1 Å². The Morgan fingerprint density at radius 1 is 1.43 bits per heavy atom. The summed E-state index contributed by atoms with van der Waals surface area (Å²) in [6.07, 6.45) is 2.66. The summed E-state index contributed by atoms with van der Waals surface area (Å²) in [6.45, 7) is 0.908. The molecule has 1 amide bonds. The maximum absolute atomic E-state index is 13.9. The number of hydrogen-bond donors (Lipinski definition) is 2. The van der Waals surface area contributed by atoms with Crippen LogP contribution in [0.3, 0.4) is 0 Å². The number of carboxylic acids is 1. The molecule has 0 aliphatic carbocycles. The van der Waals surface area contributed by atoms with Crippen molar-refractivity contribution in [1.82, 2.24) is 10.2 Å². The van der Waals surface area contributed by atoms with Crippen LogP contribution >= 0.6 is 0 Å². The van der Waals surface area contributed by atoms with Crippen LogP contribution in [0.5, 0.6) is 0 Å². The Kier molecular flexibility index (Phi) is 6.55. The van der Waals surface area contributed by atoms with E-state index in [1.807, 2.05) is 4.90 Å². The Morgan fingerprint density at radius 2 is 2.14 bits per heavy atom. The first kappa shape index (κ1) is 16.8. The summed E-state index contributed by atoms with van der Waals surface area (Å²) >= 11 is 0. The van der Waals surface area contributed by atoms with E-state index >= 15 is 0 Å². The predicted molar refractivity (Wildman–Crippen MR) is 78.1 cm³/mol. The molecular weight excluding hydrogens is 275 g/mol. The fourth-order valence-corrected chi connectivity index (χ4v) is 1.75. The zero-order chi connectivity index (χ0) is 15.8. The molecule has 0 bridgehead atoms. The lowest BCUT2D eigenvalue weighted by atomic mass is 10.1. The van der Waals surface area contributed by atoms with Crippen LogP contribution in [-0.4, -0.2) is 42.5 Å². The van der Waals surface area contributed by atoms with E-state index in [0.717, 1.165) is 6.08 Å². The molecule has 0 atom stereocenters. The fourth-order valence-electron chi connectivity index (χ4n) is 1.75. The second-order valence-electron chi connectivity index (χ2n) is 4.68. The van der Waals surface area contributed by atoms with Gasteiger partial charge in [-0.15, -0.1) is 0 Å². The van der Waals surface area contributed by atoms with Gasteiger partial charge in [0.2, 0.25) is 5.91 Å². The molecule has 114 valence electrons. The number of carbonyl (C=O) groups excluding carboxylic acids is 1. The van der Waals surface area contributed by atoms with Gasteiger partial charge in [-0.1, -0.05) is 12.1 Å². The summed E-state index contributed by atoms with van der Waals surface area (Å²) in [5.41, 5.74) is 0.994. The quantitative estimate of drug-likeness (QED) is 0.748. The summed E-state index contributed by atoms with van der Waals surface area (Å²) in [5.74, 6) is -1.53. The lowest BCUT2D eigenvalue weighted by molar-refractivity contribution is -0.131. The highest BCUT2D eigenvalue weighted by Crippen LogP contribution is 2.13. The lowest BCUT2D eigenvalue weighted by Crippen LogP contribution is -2.26. The normalized spacial score (nSPS) is 11.0. The van der Waals surface area contributed by atoms with Gasteiger partial charge in [0, 0.05) is 38.2 Å². The zero-order valence-electron chi connectivity index (χ0n) is 12.1. The first-order valence-corrected chi connectivity index (χ1v) is 6.51. The van der Waals surface area contributed by atoms with Crippen LogP contribution in [-0.2, 0) is 16.1 Å². The van der Waals surface area contributed by atoms with Gasteiger partial charge < -0.3 is 15.3 Å².